The Kier molecular flexibility index (Phi) is 4.38. The molecule has 0 atom stereocenters. The van der Waals surface area contributed by atoms with Crippen LogP contribution in [-0.4, -0.2) is 18.9 Å². The summed E-state index contributed by atoms with van der Waals surface area (Å²) in [7, 11) is 1.05. The van der Waals surface area contributed by atoms with Crippen LogP contribution in [0.2, 0.25) is 5.02 Å². The fourth-order valence-electron chi connectivity index (χ4n) is 1.19. The molecule has 0 saturated heterocycles. The number of nitrogens with two attached hydrogens (primary N) is 1. The minimum Gasteiger partial charge on any atom is -0.465 e. The average Bonchev–Trinajstić information content (AvgIpc) is 2.34. The fraction of sp³-hybridized carbons (Fsp3) is 0.0909. The first-order valence-corrected chi connectivity index (χ1v) is 4.99. The van der Waals surface area contributed by atoms with Gasteiger partial charge < -0.3 is 10.5 Å². The molecule has 0 radical (unpaired) electrons. The Balaban J connectivity index is 3.27. The van der Waals surface area contributed by atoms with Crippen LogP contribution < -0.4 is 5.73 Å². The van der Waals surface area contributed by atoms with Crippen LogP contribution >= 0.6 is 11.6 Å². The van der Waals surface area contributed by atoms with Crippen LogP contribution in [0.3, 0.4) is 0 Å². The van der Waals surface area contributed by atoms with Crippen molar-refractivity contribution in [2.75, 3.05) is 7.11 Å². The lowest BCUT2D eigenvalue weighted by Crippen LogP contribution is -2.17. The van der Waals surface area contributed by atoms with Crippen LogP contribution in [0.4, 0.5) is 8.78 Å². The Bertz CT molecular complexity index is 543. The summed E-state index contributed by atoms with van der Waals surface area (Å²) in [6.45, 7) is 0. The zero-order chi connectivity index (χ0) is 13.9. The number of benzene rings is 1. The molecule has 0 bridgehead atoms. The number of carbonyl (C=O) groups excluding carboxylic acids is 2. The van der Waals surface area contributed by atoms with Crippen molar-refractivity contribution in [3.8, 4) is 0 Å². The van der Waals surface area contributed by atoms with E-state index in [1.54, 1.807) is 0 Å². The van der Waals surface area contributed by atoms with Gasteiger partial charge in [-0.25, -0.2) is 13.6 Å². The minimum atomic E-state index is -1.26. The van der Waals surface area contributed by atoms with Gasteiger partial charge in [-0.2, -0.15) is 0 Å². The van der Waals surface area contributed by atoms with E-state index in [0.717, 1.165) is 7.11 Å². The van der Waals surface area contributed by atoms with Gasteiger partial charge in [-0.3, -0.25) is 4.79 Å². The Morgan fingerprint density at radius 1 is 1.33 bits per heavy atom. The molecule has 0 aliphatic heterocycles. The molecule has 0 aliphatic rings. The van der Waals surface area contributed by atoms with Crippen molar-refractivity contribution in [1.29, 1.82) is 0 Å². The molecule has 0 aromatic heterocycles. The Morgan fingerprint density at radius 3 is 2.39 bits per heavy atom. The Morgan fingerprint density at radius 2 is 1.89 bits per heavy atom. The van der Waals surface area contributed by atoms with Gasteiger partial charge in [0.05, 0.1) is 12.1 Å². The second-order valence-corrected chi connectivity index (χ2v) is 3.55. The van der Waals surface area contributed by atoms with Gasteiger partial charge in [0.1, 0.15) is 5.57 Å². The monoisotopic (exact) mass is 275 g/mol. The van der Waals surface area contributed by atoms with Crippen LogP contribution in [0.25, 0.3) is 0 Å². The van der Waals surface area contributed by atoms with Crippen molar-refractivity contribution >= 4 is 23.4 Å². The molecule has 1 aromatic rings. The number of methoxy groups -OCH3 is 1. The number of ether oxygens (including phenoxy) is 1. The number of Topliss-reactive ketones (excluding diaryl/α,β-unsaturated/α-hetero) is 1. The third kappa shape index (κ3) is 2.65. The Hall–Kier alpha value is -1.95. The van der Waals surface area contributed by atoms with E-state index < -0.39 is 29.0 Å². The van der Waals surface area contributed by atoms with Crippen LogP contribution in [0.15, 0.2) is 23.9 Å². The van der Waals surface area contributed by atoms with Gasteiger partial charge in [-0.05, 0) is 12.1 Å². The second kappa shape index (κ2) is 5.59. The molecule has 0 spiro atoms. The molecule has 0 fully saturated rings. The maximum absolute atomic E-state index is 13.0. The molecule has 96 valence electrons. The molecule has 18 heavy (non-hydrogen) atoms. The molecule has 4 nitrogen and oxygen atoms in total. The maximum atomic E-state index is 13.0. The van der Waals surface area contributed by atoms with Gasteiger partial charge in [-0.1, -0.05) is 11.6 Å². The molecule has 0 unspecified atom stereocenters. The molecule has 0 amide bonds. The van der Waals surface area contributed by atoms with Gasteiger partial charge in [0.15, 0.2) is 11.6 Å². The van der Waals surface area contributed by atoms with Crippen LogP contribution in [0.1, 0.15) is 10.4 Å². The van der Waals surface area contributed by atoms with Crippen molar-refractivity contribution in [1.82, 2.24) is 0 Å². The first kappa shape index (κ1) is 14.1. The summed E-state index contributed by atoms with van der Waals surface area (Å²) in [6.07, 6.45) is 0.714. The van der Waals surface area contributed by atoms with E-state index in [0.29, 0.717) is 18.3 Å². The molecule has 2 N–H and O–H groups in total. The number of halogens is 3. The van der Waals surface area contributed by atoms with E-state index in [9.17, 15) is 18.4 Å². The molecular weight excluding hydrogens is 268 g/mol. The van der Waals surface area contributed by atoms with Crippen molar-refractivity contribution in [2.24, 2.45) is 5.73 Å². The third-order valence-corrected chi connectivity index (χ3v) is 2.38. The molecule has 1 rings (SSSR count). The largest absolute Gasteiger partial charge is 0.465 e. The van der Waals surface area contributed by atoms with Crippen molar-refractivity contribution in [3.63, 3.8) is 0 Å². The van der Waals surface area contributed by atoms with E-state index >= 15 is 0 Å². The van der Waals surface area contributed by atoms with Gasteiger partial charge >= 0.3 is 5.97 Å². The van der Waals surface area contributed by atoms with E-state index in [2.05, 4.69) is 4.74 Å². The second-order valence-electron chi connectivity index (χ2n) is 3.15. The van der Waals surface area contributed by atoms with Crippen LogP contribution in [0, 0.1) is 11.6 Å². The lowest BCUT2D eigenvalue weighted by atomic mass is 10.0. The number of esters is 1. The van der Waals surface area contributed by atoms with Crippen LogP contribution in [0.5, 0.6) is 0 Å². The zero-order valence-electron chi connectivity index (χ0n) is 9.17. The summed E-state index contributed by atoms with van der Waals surface area (Å²) < 4.78 is 30.2. The molecule has 0 saturated carbocycles. The SMILES string of the molecule is COC(=O)C(=CN)C(=O)c1cc(F)c(F)cc1Cl. The zero-order valence-corrected chi connectivity index (χ0v) is 9.92. The lowest BCUT2D eigenvalue weighted by Gasteiger charge is -2.06. The summed E-state index contributed by atoms with van der Waals surface area (Å²) >= 11 is 5.60. The molecule has 1 aromatic carbocycles. The molecule has 0 heterocycles. The predicted octanol–water partition coefficient (Wildman–Crippen LogP) is 1.82. The fourth-order valence-corrected chi connectivity index (χ4v) is 1.42. The van der Waals surface area contributed by atoms with Crippen molar-refractivity contribution in [3.05, 3.63) is 46.1 Å². The van der Waals surface area contributed by atoms with Gasteiger partial charge in [-0.15, -0.1) is 0 Å². The van der Waals surface area contributed by atoms with E-state index in [4.69, 9.17) is 17.3 Å². The van der Waals surface area contributed by atoms with E-state index in [1.165, 1.54) is 0 Å². The molecule has 0 aliphatic carbocycles. The van der Waals surface area contributed by atoms with Gasteiger partial charge in [0.25, 0.3) is 0 Å². The van der Waals surface area contributed by atoms with Crippen molar-refractivity contribution < 1.29 is 23.1 Å². The highest BCUT2D eigenvalue weighted by Gasteiger charge is 2.23. The summed E-state index contributed by atoms with van der Waals surface area (Å²) in [5, 5.41) is -0.331. The number of hydrogen-bond acceptors (Lipinski definition) is 4. The standard InChI is InChI=1S/C11H8ClF2NO3/c1-18-11(17)6(4-15)10(16)5-2-8(13)9(14)3-7(5)12/h2-4H,15H2,1H3. The summed E-state index contributed by atoms with van der Waals surface area (Å²) in [6, 6.07) is 1.22. The smallest absolute Gasteiger partial charge is 0.343 e. The first-order chi connectivity index (χ1) is 8.42. The maximum Gasteiger partial charge on any atom is 0.343 e. The average molecular weight is 276 g/mol. The predicted molar refractivity (Wildman–Crippen MR) is 60.0 cm³/mol. The Labute approximate surface area is 106 Å². The topological polar surface area (TPSA) is 69.4 Å². The quantitative estimate of drug-likeness (QED) is 0.228. The van der Waals surface area contributed by atoms with Crippen LogP contribution in [-0.2, 0) is 9.53 Å². The number of hydrogen-bond donors (Lipinski definition) is 1. The molecule has 7 heteroatoms. The van der Waals surface area contributed by atoms with E-state index in [-0.39, 0.29) is 10.6 Å². The lowest BCUT2D eigenvalue weighted by molar-refractivity contribution is -0.135. The summed E-state index contributed by atoms with van der Waals surface area (Å²) in [4.78, 5) is 23.1. The third-order valence-electron chi connectivity index (χ3n) is 2.07. The number of carbonyl (C=O) groups is 2. The highest BCUT2D eigenvalue weighted by atomic mass is 35.5. The number of ketones is 1. The number of rotatable bonds is 3. The summed E-state index contributed by atoms with van der Waals surface area (Å²) in [5.74, 6) is -4.41. The normalized spacial score (nSPS) is 11.2. The first-order valence-electron chi connectivity index (χ1n) is 4.61. The van der Waals surface area contributed by atoms with Crippen molar-refractivity contribution in [2.45, 2.75) is 0 Å². The summed E-state index contributed by atoms with van der Waals surface area (Å²) in [5.41, 5.74) is 4.21. The van der Waals surface area contributed by atoms with E-state index in [1.807, 2.05) is 0 Å². The van der Waals surface area contributed by atoms with Gasteiger partial charge in [0.2, 0.25) is 5.78 Å². The highest BCUT2D eigenvalue weighted by molar-refractivity contribution is 6.36. The highest BCUT2D eigenvalue weighted by Crippen LogP contribution is 2.22. The molecular formula is C11H8ClF2NO3. The van der Waals surface area contributed by atoms with Gasteiger partial charge in [0, 0.05) is 11.8 Å². The minimum absolute atomic E-state index is 0.331.